The third-order valence-electron chi connectivity index (χ3n) is 4.94. The Balaban J connectivity index is 2.10. The predicted octanol–water partition coefficient (Wildman–Crippen LogP) is 4.40. The molecule has 1 heterocycles. The van der Waals surface area contributed by atoms with Crippen molar-refractivity contribution in [2.75, 3.05) is 0 Å². The molecule has 2 N–H and O–H groups in total. The number of primary sulfonamides is 1. The molecule has 0 amide bonds. The summed E-state index contributed by atoms with van der Waals surface area (Å²) in [6, 6.07) is 15.0. The summed E-state index contributed by atoms with van der Waals surface area (Å²) in [6.45, 7) is 6.38. The molecular weight excluding hydrogens is 358 g/mol. The minimum absolute atomic E-state index is 0.114. The lowest BCUT2D eigenvalue weighted by Gasteiger charge is -2.19. The minimum Gasteiger partial charge on any atom is -0.240 e. The van der Waals surface area contributed by atoms with Crippen LogP contribution in [0.5, 0.6) is 0 Å². The summed E-state index contributed by atoms with van der Waals surface area (Å²) in [5, 5.41) is 9.79. The summed E-state index contributed by atoms with van der Waals surface area (Å²) in [5.74, 6) is 0.461. The molecule has 0 bridgehead atoms. The molecule has 0 aliphatic carbocycles. The molecule has 0 saturated heterocycles. The van der Waals surface area contributed by atoms with Crippen LogP contribution in [0.1, 0.15) is 43.9 Å². The lowest BCUT2D eigenvalue weighted by atomic mass is 9.90. The van der Waals surface area contributed by atoms with Gasteiger partial charge in [0.25, 0.3) is 0 Å². The van der Waals surface area contributed by atoms with E-state index in [4.69, 9.17) is 5.14 Å². The van der Waals surface area contributed by atoms with Crippen LogP contribution in [-0.4, -0.2) is 18.2 Å². The normalized spacial score (nSPS) is 11.9. The zero-order valence-corrected chi connectivity index (χ0v) is 16.7. The highest BCUT2D eigenvalue weighted by Gasteiger charge is 2.16. The van der Waals surface area contributed by atoms with Gasteiger partial charge in [0.2, 0.25) is 10.0 Å². The zero-order valence-electron chi connectivity index (χ0n) is 15.9. The maximum Gasteiger partial charge on any atom is 0.238 e. The largest absolute Gasteiger partial charge is 0.240 e. The predicted molar refractivity (Wildman–Crippen MR) is 108 cm³/mol. The summed E-state index contributed by atoms with van der Waals surface area (Å²) >= 11 is 0. The third kappa shape index (κ3) is 4.12. The molecule has 2 aromatic carbocycles. The summed E-state index contributed by atoms with van der Waals surface area (Å²) in [5.41, 5.74) is 5.24. The quantitative estimate of drug-likeness (QED) is 0.685. The number of aryl methyl sites for hydroxylation is 1. The van der Waals surface area contributed by atoms with Gasteiger partial charge in [0.05, 0.1) is 16.3 Å². The molecule has 0 spiro atoms. The minimum atomic E-state index is -3.69. The van der Waals surface area contributed by atoms with Gasteiger partial charge < -0.3 is 0 Å². The smallest absolute Gasteiger partial charge is 0.238 e. The highest BCUT2D eigenvalue weighted by Crippen LogP contribution is 2.32. The standard InChI is InChI=1S/C21H25N3O2S/c1-4-16(5-2)20-11-8-18(14-21(20)24-13-12-15(3)23-24)17-6-9-19(10-7-17)27(22,25)26/h6-14,16H,4-5H2,1-3H3,(H2,22,25,26). The first kappa shape index (κ1) is 19.3. The van der Waals surface area contributed by atoms with Crippen LogP contribution < -0.4 is 5.14 Å². The van der Waals surface area contributed by atoms with E-state index in [0.717, 1.165) is 35.3 Å². The molecule has 0 unspecified atom stereocenters. The lowest BCUT2D eigenvalue weighted by Crippen LogP contribution is -2.11. The van der Waals surface area contributed by atoms with Crippen molar-refractivity contribution in [2.45, 2.75) is 44.4 Å². The molecule has 0 saturated carbocycles. The van der Waals surface area contributed by atoms with E-state index in [2.05, 4.69) is 37.1 Å². The Labute approximate surface area is 160 Å². The fourth-order valence-corrected chi connectivity index (χ4v) is 3.90. The maximum atomic E-state index is 11.5. The monoisotopic (exact) mass is 383 g/mol. The zero-order chi connectivity index (χ0) is 19.6. The van der Waals surface area contributed by atoms with E-state index < -0.39 is 10.0 Å². The van der Waals surface area contributed by atoms with E-state index in [1.165, 1.54) is 17.7 Å². The molecule has 0 radical (unpaired) electrons. The third-order valence-corrected chi connectivity index (χ3v) is 5.87. The Bertz CT molecular complexity index is 1030. The first-order valence-electron chi connectivity index (χ1n) is 9.13. The highest BCUT2D eigenvalue weighted by molar-refractivity contribution is 7.89. The Morgan fingerprint density at radius 1 is 1.00 bits per heavy atom. The van der Waals surface area contributed by atoms with Crippen LogP contribution in [0.3, 0.4) is 0 Å². The molecule has 27 heavy (non-hydrogen) atoms. The molecule has 3 aromatic rings. The molecule has 5 nitrogen and oxygen atoms in total. The van der Waals surface area contributed by atoms with Crippen molar-refractivity contribution < 1.29 is 8.42 Å². The van der Waals surface area contributed by atoms with Gasteiger partial charge in [-0.25, -0.2) is 18.2 Å². The first-order chi connectivity index (χ1) is 12.8. The van der Waals surface area contributed by atoms with Crippen LogP contribution in [-0.2, 0) is 10.0 Å². The van der Waals surface area contributed by atoms with Gasteiger partial charge in [-0.2, -0.15) is 5.10 Å². The second-order valence-corrected chi connectivity index (χ2v) is 8.32. The topological polar surface area (TPSA) is 78.0 Å². The first-order valence-corrected chi connectivity index (χ1v) is 10.7. The lowest BCUT2D eigenvalue weighted by molar-refractivity contribution is 0.598. The fraction of sp³-hybridized carbons (Fsp3) is 0.286. The molecule has 1 aromatic heterocycles. The molecule has 0 fully saturated rings. The van der Waals surface area contributed by atoms with Crippen LogP contribution in [0.4, 0.5) is 0 Å². The SMILES string of the molecule is CCC(CC)c1ccc(-c2ccc(S(N)(=O)=O)cc2)cc1-n1ccc(C)n1. The summed E-state index contributed by atoms with van der Waals surface area (Å²) < 4.78 is 24.9. The Kier molecular flexibility index (Phi) is 5.48. The molecule has 0 aliphatic rings. The number of sulfonamides is 1. The van der Waals surface area contributed by atoms with Crippen molar-refractivity contribution in [2.24, 2.45) is 5.14 Å². The number of nitrogens with zero attached hydrogens (tertiary/aromatic N) is 2. The maximum absolute atomic E-state index is 11.5. The van der Waals surface area contributed by atoms with Crippen molar-refractivity contribution in [1.82, 2.24) is 9.78 Å². The van der Waals surface area contributed by atoms with E-state index in [1.807, 2.05) is 23.9 Å². The van der Waals surface area contributed by atoms with Crippen molar-refractivity contribution in [3.8, 4) is 16.8 Å². The van der Waals surface area contributed by atoms with Crippen LogP contribution in [0.15, 0.2) is 59.6 Å². The van der Waals surface area contributed by atoms with Crippen LogP contribution >= 0.6 is 0 Å². The van der Waals surface area contributed by atoms with Crippen molar-refractivity contribution in [3.05, 3.63) is 66.0 Å². The van der Waals surface area contributed by atoms with E-state index >= 15 is 0 Å². The van der Waals surface area contributed by atoms with Crippen LogP contribution in [0.25, 0.3) is 16.8 Å². The Hall–Kier alpha value is -2.44. The van der Waals surface area contributed by atoms with Gasteiger partial charge in [-0.05, 0) is 66.6 Å². The van der Waals surface area contributed by atoms with Gasteiger partial charge in [0.1, 0.15) is 0 Å². The Morgan fingerprint density at radius 3 is 2.15 bits per heavy atom. The van der Waals surface area contributed by atoms with Gasteiger partial charge in [-0.1, -0.05) is 38.1 Å². The summed E-state index contributed by atoms with van der Waals surface area (Å²) in [4.78, 5) is 0.114. The average Bonchev–Trinajstić information content (AvgIpc) is 3.08. The van der Waals surface area contributed by atoms with Crippen LogP contribution in [0, 0.1) is 6.92 Å². The number of rotatable bonds is 6. The summed E-state index contributed by atoms with van der Waals surface area (Å²) in [6.07, 6.45) is 4.10. The number of hydrogen-bond acceptors (Lipinski definition) is 3. The van der Waals surface area contributed by atoms with E-state index in [9.17, 15) is 8.42 Å². The number of aromatic nitrogens is 2. The number of nitrogens with two attached hydrogens (primary N) is 1. The number of hydrogen-bond donors (Lipinski definition) is 1. The highest BCUT2D eigenvalue weighted by atomic mass is 32.2. The summed E-state index contributed by atoms with van der Waals surface area (Å²) in [7, 11) is -3.69. The second kappa shape index (κ2) is 7.66. The molecule has 142 valence electrons. The van der Waals surface area contributed by atoms with E-state index in [-0.39, 0.29) is 4.90 Å². The second-order valence-electron chi connectivity index (χ2n) is 6.76. The number of benzene rings is 2. The molecule has 0 aliphatic heterocycles. The van der Waals surface area contributed by atoms with Crippen molar-refractivity contribution in [1.29, 1.82) is 0 Å². The Morgan fingerprint density at radius 2 is 1.63 bits per heavy atom. The van der Waals surface area contributed by atoms with Gasteiger partial charge >= 0.3 is 0 Å². The van der Waals surface area contributed by atoms with Crippen molar-refractivity contribution in [3.63, 3.8) is 0 Å². The molecule has 3 rings (SSSR count). The van der Waals surface area contributed by atoms with E-state index in [1.54, 1.807) is 12.1 Å². The van der Waals surface area contributed by atoms with Crippen molar-refractivity contribution >= 4 is 10.0 Å². The molecule has 6 heteroatoms. The van der Waals surface area contributed by atoms with Gasteiger partial charge in [0, 0.05) is 6.20 Å². The molecule has 0 atom stereocenters. The fourth-order valence-electron chi connectivity index (χ4n) is 3.38. The van der Waals surface area contributed by atoms with Crippen LogP contribution in [0.2, 0.25) is 0 Å². The van der Waals surface area contributed by atoms with Gasteiger partial charge in [-0.15, -0.1) is 0 Å². The van der Waals surface area contributed by atoms with Gasteiger partial charge in [0.15, 0.2) is 0 Å². The van der Waals surface area contributed by atoms with Gasteiger partial charge in [-0.3, -0.25) is 0 Å². The average molecular weight is 384 g/mol. The molecular formula is C21H25N3O2S. The van der Waals surface area contributed by atoms with E-state index in [0.29, 0.717) is 5.92 Å².